The van der Waals surface area contributed by atoms with Gasteiger partial charge in [-0.25, -0.2) is 11.0 Å². The van der Waals surface area contributed by atoms with Gasteiger partial charge >= 0.3 is 0 Å². The molecule has 0 aliphatic heterocycles. The van der Waals surface area contributed by atoms with E-state index >= 15 is 0 Å². The first kappa shape index (κ1) is 11.1. The number of methoxy groups -OCH3 is 1. The second kappa shape index (κ2) is 4.52. The molecule has 1 rings (SSSR count). The van der Waals surface area contributed by atoms with Gasteiger partial charge in [-0.3, -0.25) is 0 Å². The summed E-state index contributed by atoms with van der Waals surface area (Å²) in [6.45, 7) is 0. The highest BCUT2D eigenvalue weighted by Gasteiger charge is 2.09. The van der Waals surface area contributed by atoms with Crippen molar-refractivity contribution in [2.24, 2.45) is 16.7 Å². The van der Waals surface area contributed by atoms with Gasteiger partial charge in [-0.05, 0) is 12.1 Å². The number of hydrogen-bond donors (Lipinski definition) is 3. The smallest absolute Gasteiger partial charge is 0.156 e. The van der Waals surface area contributed by atoms with Gasteiger partial charge in [0.15, 0.2) is 11.6 Å². The van der Waals surface area contributed by atoms with Crippen molar-refractivity contribution in [3.05, 3.63) is 23.8 Å². The van der Waals surface area contributed by atoms with Crippen LogP contribution in [0.25, 0.3) is 0 Å². The Hall–Kier alpha value is -1.95. The Morgan fingerprint density at radius 2 is 2.13 bits per heavy atom. The molecule has 0 unspecified atom stereocenters. The summed E-state index contributed by atoms with van der Waals surface area (Å²) in [4.78, 5) is 0. The lowest BCUT2D eigenvalue weighted by atomic mass is 10.1. The topological polar surface area (TPSA) is 103 Å². The van der Waals surface area contributed by atoms with Crippen molar-refractivity contribution in [2.75, 3.05) is 19.9 Å². The summed E-state index contributed by atoms with van der Waals surface area (Å²) in [5.41, 5.74) is 12.6. The Bertz CT molecular complexity index is 375. The van der Waals surface area contributed by atoms with Crippen LogP contribution in [-0.2, 0) is 0 Å². The molecule has 0 radical (unpaired) electrons. The first-order chi connectivity index (χ1) is 7.06. The maximum Gasteiger partial charge on any atom is 0.156 e. The molecule has 0 spiro atoms. The van der Waals surface area contributed by atoms with E-state index in [1.54, 1.807) is 25.2 Å². The van der Waals surface area contributed by atoms with Gasteiger partial charge in [0.05, 0.1) is 18.4 Å². The van der Waals surface area contributed by atoms with Crippen LogP contribution in [0.1, 0.15) is 5.56 Å². The lowest BCUT2D eigenvalue weighted by Crippen LogP contribution is -2.26. The lowest BCUT2D eigenvalue weighted by molar-refractivity contribution is 0.371. The molecule has 0 bridgehead atoms. The molecule has 0 aromatic heterocycles. The van der Waals surface area contributed by atoms with Gasteiger partial charge in [0, 0.05) is 7.05 Å². The second-order valence-corrected chi connectivity index (χ2v) is 2.99. The number of amidine groups is 1. The molecule has 6 N–H and O–H groups in total. The monoisotopic (exact) mass is 209 g/mol. The summed E-state index contributed by atoms with van der Waals surface area (Å²) in [5.74, 6) is 6.11. The zero-order chi connectivity index (χ0) is 11.4. The predicted octanol–water partition coefficient (Wildman–Crippen LogP) is -0.297. The van der Waals surface area contributed by atoms with Gasteiger partial charge in [-0.2, -0.15) is 0 Å². The van der Waals surface area contributed by atoms with Gasteiger partial charge in [-0.1, -0.05) is 6.07 Å². The zero-order valence-electron chi connectivity index (χ0n) is 8.77. The fourth-order valence-electron chi connectivity index (χ4n) is 1.21. The Morgan fingerprint density at radius 3 is 2.67 bits per heavy atom. The highest BCUT2D eigenvalue weighted by molar-refractivity contribution is 6.01. The Kier molecular flexibility index (Phi) is 3.35. The van der Waals surface area contributed by atoms with Crippen LogP contribution >= 0.6 is 0 Å². The standard InChI is InChI=1S/C9H15N5O/c1-14(12)13-9(11)6-4-3-5-7(10)8(6)15-2/h3-5H,10,12H2,1-2H3,(H2,11,13). The van der Waals surface area contributed by atoms with E-state index in [-0.39, 0.29) is 5.84 Å². The Labute approximate surface area is 88.3 Å². The number of benzene rings is 1. The fraction of sp³-hybridized carbons (Fsp3) is 0.222. The first-order valence-corrected chi connectivity index (χ1v) is 4.31. The third-order valence-corrected chi connectivity index (χ3v) is 1.79. The summed E-state index contributed by atoms with van der Waals surface area (Å²) in [6.07, 6.45) is 0. The van der Waals surface area contributed by atoms with E-state index in [0.717, 1.165) is 5.12 Å². The molecule has 82 valence electrons. The number of anilines is 1. The summed E-state index contributed by atoms with van der Waals surface area (Å²) in [6, 6.07) is 5.26. The molecule has 0 fully saturated rings. The lowest BCUT2D eigenvalue weighted by Gasteiger charge is -2.11. The van der Waals surface area contributed by atoms with E-state index in [4.69, 9.17) is 22.0 Å². The van der Waals surface area contributed by atoms with Crippen LogP contribution in [0.4, 0.5) is 5.69 Å². The van der Waals surface area contributed by atoms with Crippen LogP contribution in [0.3, 0.4) is 0 Å². The van der Waals surface area contributed by atoms with E-state index in [0.29, 0.717) is 17.0 Å². The molecule has 0 heterocycles. The maximum atomic E-state index is 5.73. The van der Waals surface area contributed by atoms with Crippen molar-refractivity contribution in [2.45, 2.75) is 0 Å². The first-order valence-electron chi connectivity index (χ1n) is 4.31. The van der Waals surface area contributed by atoms with E-state index in [1.165, 1.54) is 7.11 Å². The van der Waals surface area contributed by atoms with Crippen molar-refractivity contribution in [3.8, 4) is 5.75 Å². The number of rotatable bonds is 3. The fourth-order valence-corrected chi connectivity index (χ4v) is 1.21. The number of hydrazone groups is 1. The third-order valence-electron chi connectivity index (χ3n) is 1.79. The van der Waals surface area contributed by atoms with E-state index < -0.39 is 0 Å². The third kappa shape index (κ3) is 2.50. The number of ether oxygens (including phenoxy) is 1. The minimum absolute atomic E-state index is 0.254. The highest BCUT2D eigenvalue weighted by Crippen LogP contribution is 2.25. The minimum Gasteiger partial charge on any atom is -0.494 e. The van der Waals surface area contributed by atoms with Crippen LogP contribution < -0.4 is 22.0 Å². The molecule has 6 nitrogen and oxygen atoms in total. The molecule has 15 heavy (non-hydrogen) atoms. The van der Waals surface area contributed by atoms with Gasteiger partial charge in [0.25, 0.3) is 0 Å². The van der Waals surface area contributed by atoms with Crippen LogP contribution in [-0.4, -0.2) is 25.1 Å². The highest BCUT2D eigenvalue weighted by atomic mass is 16.5. The molecule has 0 aliphatic carbocycles. The number of hydrazine groups is 1. The van der Waals surface area contributed by atoms with E-state index in [2.05, 4.69) is 5.10 Å². The number of para-hydroxylation sites is 1. The Balaban J connectivity index is 3.19. The van der Waals surface area contributed by atoms with E-state index in [1.807, 2.05) is 0 Å². The maximum absolute atomic E-state index is 5.73. The molecule has 0 amide bonds. The average molecular weight is 209 g/mol. The van der Waals surface area contributed by atoms with Gasteiger partial charge in [0.1, 0.15) is 0 Å². The Morgan fingerprint density at radius 1 is 1.47 bits per heavy atom. The van der Waals surface area contributed by atoms with E-state index in [9.17, 15) is 0 Å². The van der Waals surface area contributed by atoms with Crippen molar-refractivity contribution >= 4 is 11.5 Å². The normalized spacial score (nSPS) is 11.3. The molecule has 1 aromatic carbocycles. The molecule has 0 saturated carbocycles. The largest absolute Gasteiger partial charge is 0.494 e. The molecular formula is C9H15N5O. The van der Waals surface area contributed by atoms with Gasteiger partial charge < -0.3 is 16.2 Å². The zero-order valence-corrected chi connectivity index (χ0v) is 8.77. The average Bonchev–Trinajstić information content (AvgIpc) is 2.16. The molecular weight excluding hydrogens is 194 g/mol. The van der Waals surface area contributed by atoms with Crippen LogP contribution in [0, 0.1) is 0 Å². The molecule has 0 aliphatic rings. The van der Waals surface area contributed by atoms with Crippen molar-refractivity contribution < 1.29 is 4.74 Å². The van der Waals surface area contributed by atoms with Crippen LogP contribution in [0.5, 0.6) is 5.75 Å². The quantitative estimate of drug-likeness (QED) is 0.208. The summed E-state index contributed by atoms with van der Waals surface area (Å²) in [7, 11) is 3.10. The minimum atomic E-state index is 0.254. The number of nitrogens with two attached hydrogens (primary N) is 3. The second-order valence-electron chi connectivity index (χ2n) is 2.99. The molecule has 1 aromatic rings. The number of nitrogen functional groups attached to an aromatic ring is 1. The molecule has 6 heteroatoms. The molecule has 0 atom stereocenters. The van der Waals surface area contributed by atoms with Crippen LogP contribution in [0.2, 0.25) is 0 Å². The van der Waals surface area contributed by atoms with Crippen molar-refractivity contribution in [3.63, 3.8) is 0 Å². The summed E-state index contributed by atoms with van der Waals surface area (Å²) < 4.78 is 5.13. The van der Waals surface area contributed by atoms with Crippen LogP contribution in [0.15, 0.2) is 23.3 Å². The van der Waals surface area contributed by atoms with Gasteiger partial charge in [0.2, 0.25) is 0 Å². The summed E-state index contributed by atoms with van der Waals surface area (Å²) >= 11 is 0. The number of hydrogen-bond acceptors (Lipinski definition) is 5. The SMILES string of the molecule is COc1c(N)cccc1/C(N)=N/N(C)N. The summed E-state index contributed by atoms with van der Waals surface area (Å²) in [5, 5.41) is 4.99. The number of nitrogens with zero attached hydrogens (tertiary/aromatic N) is 2. The molecule has 0 saturated heterocycles. The van der Waals surface area contributed by atoms with Crippen molar-refractivity contribution in [1.29, 1.82) is 0 Å². The van der Waals surface area contributed by atoms with Gasteiger partial charge in [-0.15, -0.1) is 5.10 Å². The van der Waals surface area contributed by atoms with Crippen molar-refractivity contribution in [1.82, 2.24) is 5.12 Å². The predicted molar refractivity (Wildman–Crippen MR) is 60.1 cm³/mol.